The zero-order valence-electron chi connectivity index (χ0n) is 15.9. The van der Waals surface area contributed by atoms with Crippen LogP contribution in [0.5, 0.6) is 0 Å². The monoisotopic (exact) mass is 353 g/mol. The van der Waals surface area contributed by atoms with E-state index in [1.165, 1.54) is 24.1 Å². The van der Waals surface area contributed by atoms with Crippen molar-refractivity contribution in [2.75, 3.05) is 55.0 Å². The van der Waals surface area contributed by atoms with Gasteiger partial charge in [-0.3, -0.25) is 0 Å². The highest BCUT2D eigenvalue weighted by Gasteiger charge is 2.22. The number of aryl methyl sites for hydroxylation is 3. The van der Waals surface area contributed by atoms with Crippen LogP contribution in [0.4, 0.5) is 17.6 Å². The number of fused-ring (bicyclic) bond motifs is 1. The van der Waals surface area contributed by atoms with Crippen molar-refractivity contribution in [1.29, 1.82) is 0 Å². The molecule has 4 rings (SSSR count). The van der Waals surface area contributed by atoms with E-state index in [-0.39, 0.29) is 0 Å². The van der Waals surface area contributed by atoms with Crippen molar-refractivity contribution in [2.24, 2.45) is 0 Å². The molecule has 0 N–H and O–H groups in total. The first-order valence-electron chi connectivity index (χ1n) is 9.48. The van der Waals surface area contributed by atoms with Gasteiger partial charge >= 0.3 is 0 Å². The van der Waals surface area contributed by atoms with E-state index in [9.17, 15) is 0 Å². The van der Waals surface area contributed by atoms with Crippen molar-refractivity contribution in [2.45, 2.75) is 32.6 Å². The molecule has 3 heterocycles. The smallest absolute Gasteiger partial charge is 0.226 e. The maximum absolute atomic E-state index is 4.71. The van der Waals surface area contributed by atoms with Crippen molar-refractivity contribution in [3.8, 4) is 0 Å². The Morgan fingerprint density at radius 2 is 1.54 bits per heavy atom. The average molecular weight is 353 g/mol. The second kappa shape index (κ2) is 7.05. The van der Waals surface area contributed by atoms with Gasteiger partial charge in [0, 0.05) is 52.0 Å². The molecule has 0 atom stereocenters. The summed E-state index contributed by atoms with van der Waals surface area (Å²) in [6.07, 6.45) is 4.74. The number of hydrogen-bond acceptors (Lipinski definition) is 7. The van der Waals surface area contributed by atoms with E-state index in [4.69, 9.17) is 4.98 Å². The third kappa shape index (κ3) is 3.43. The second-order valence-electron chi connectivity index (χ2n) is 7.42. The van der Waals surface area contributed by atoms with E-state index in [1.807, 2.05) is 25.9 Å². The standard InChI is InChI=1S/C19H27N7/c1-14-12-17(21-19(20-14)24(2)3)25-8-10-26(11-9-25)18-13-15-6-4-5-7-16(15)22-23-18/h12-13H,4-11H2,1-3H3. The molecule has 0 saturated carbocycles. The quantitative estimate of drug-likeness (QED) is 0.834. The molecule has 26 heavy (non-hydrogen) atoms. The Hall–Kier alpha value is -2.44. The van der Waals surface area contributed by atoms with Gasteiger partial charge in [-0.1, -0.05) is 0 Å². The molecule has 2 aliphatic rings. The Morgan fingerprint density at radius 1 is 0.846 bits per heavy atom. The third-order valence-corrected chi connectivity index (χ3v) is 5.21. The summed E-state index contributed by atoms with van der Waals surface area (Å²) in [5, 5.41) is 8.97. The SMILES string of the molecule is Cc1cc(N2CCN(c3cc4c(nn3)CCCC4)CC2)nc(N(C)C)n1. The lowest BCUT2D eigenvalue weighted by Gasteiger charge is -2.36. The van der Waals surface area contributed by atoms with Crippen LogP contribution in [0.2, 0.25) is 0 Å². The first kappa shape index (κ1) is 17.0. The van der Waals surface area contributed by atoms with Crippen LogP contribution in [-0.2, 0) is 12.8 Å². The lowest BCUT2D eigenvalue weighted by molar-refractivity contribution is 0.622. The summed E-state index contributed by atoms with van der Waals surface area (Å²) >= 11 is 0. The van der Waals surface area contributed by atoms with Gasteiger partial charge in [-0.05, 0) is 44.2 Å². The number of piperazine rings is 1. The lowest BCUT2D eigenvalue weighted by atomic mass is 9.97. The largest absolute Gasteiger partial charge is 0.353 e. The highest BCUT2D eigenvalue weighted by Crippen LogP contribution is 2.24. The number of anilines is 3. The minimum Gasteiger partial charge on any atom is -0.353 e. The molecule has 2 aromatic heterocycles. The van der Waals surface area contributed by atoms with Crippen molar-refractivity contribution in [1.82, 2.24) is 20.2 Å². The third-order valence-electron chi connectivity index (χ3n) is 5.21. The van der Waals surface area contributed by atoms with Gasteiger partial charge < -0.3 is 14.7 Å². The van der Waals surface area contributed by atoms with Gasteiger partial charge in [0.25, 0.3) is 0 Å². The highest BCUT2D eigenvalue weighted by molar-refractivity contribution is 5.49. The molecule has 0 aromatic carbocycles. The van der Waals surface area contributed by atoms with Crippen molar-refractivity contribution in [3.63, 3.8) is 0 Å². The van der Waals surface area contributed by atoms with Crippen molar-refractivity contribution >= 4 is 17.6 Å². The predicted octanol–water partition coefficient (Wildman–Crippen LogP) is 1.85. The van der Waals surface area contributed by atoms with Gasteiger partial charge in [-0.25, -0.2) is 4.98 Å². The minimum absolute atomic E-state index is 0.767. The molecule has 0 spiro atoms. The van der Waals surface area contributed by atoms with Crippen LogP contribution in [0.15, 0.2) is 12.1 Å². The maximum atomic E-state index is 4.71. The van der Waals surface area contributed by atoms with Crippen molar-refractivity contribution < 1.29 is 0 Å². The number of nitrogens with zero attached hydrogens (tertiary/aromatic N) is 7. The molecular formula is C19H27N7. The van der Waals surface area contributed by atoms with E-state index < -0.39 is 0 Å². The molecule has 1 saturated heterocycles. The Bertz CT molecular complexity index is 781. The Morgan fingerprint density at radius 3 is 2.27 bits per heavy atom. The fraction of sp³-hybridized carbons (Fsp3) is 0.579. The van der Waals surface area contributed by atoms with Crippen molar-refractivity contribution in [3.05, 3.63) is 29.1 Å². The van der Waals surface area contributed by atoms with E-state index in [0.717, 1.165) is 62.3 Å². The number of rotatable bonds is 3. The predicted molar refractivity (Wildman–Crippen MR) is 104 cm³/mol. The normalized spacial score (nSPS) is 17.2. The molecule has 7 nitrogen and oxygen atoms in total. The maximum Gasteiger partial charge on any atom is 0.226 e. The van der Waals surface area contributed by atoms with Crippen LogP contribution in [0.3, 0.4) is 0 Å². The average Bonchev–Trinajstić information content (AvgIpc) is 2.67. The van der Waals surface area contributed by atoms with Crippen LogP contribution in [0, 0.1) is 6.92 Å². The van der Waals surface area contributed by atoms with E-state index in [2.05, 4.69) is 37.1 Å². The fourth-order valence-corrected chi connectivity index (χ4v) is 3.70. The molecule has 0 amide bonds. The molecule has 0 bridgehead atoms. The molecule has 1 aliphatic heterocycles. The van der Waals surface area contributed by atoms with E-state index in [1.54, 1.807) is 0 Å². The molecule has 0 radical (unpaired) electrons. The van der Waals surface area contributed by atoms with Crippen LogP contribution in [-0.4, -0.2) is 60.4 Å². The minimum atomic E-state index is 0.767. The molecular weight excluding hydrogens is 326 g/mol. The second-order valence-corrected chi connectivity index (χ2v) is 7.42. The van der Waals surface area contributed by atoms with Crippen LogP contribution in [0.25, 0.3) is 0 Å². The molecule has 138 valence electrons. The zero-order chi connectivity index (χ0) is 18.1. The van der Waals surface area contributed by atoms with Gasteiger partial charge in [0.2, 0.25) is 5.95 Å². The number of hydrogen-bond donors (Lipinski definition) is 0. The summed E-state index contributed by atoms with van der Waals surface area (Å²) in [7, 11) is 3.95. The van der Waals surface area contributed by atoms with E-state index in [0.29, 0.717) is 0 Å². The first-order chi connectivity index (χ1) is 12.6. The van der Waals surface area contributed by atoms with Gasteiger partial charge in [-0.15, -0.1) is 5.10 Å². The highest BCUT2D eigenvalue weighted by atomic mass is 15.3. The zero-order valence-corrected chi connectivity index (χ0v) is 15.9. The molecule has 7 heteroatoms. The molecule has 0 unspecified atom stereocenters. The first-order valence-corrected chi connectivity index (χ1v) is 9.48. The lowest BCUT2D eigenvalue weighted by Crippen LogP contribution is -2.47. The van der Waals surface area contributed by atoms with Gasteiger partial charge in [0.05, 0.1) is 5.69 Å². The topological polar surface area (TPSA) is 61.3 Å². The van der Waals surface area contributed by atoms with Gasteiger partial charge in [0.15, 0.2) is 5.82 Å². The van der Waals surface area contributed by atoms with Crippen LogP contribution in [0.1, 0.15) is 29.8 Å². The summed E-state index contributed by atoms with van der Waals surface area (Å²) in [6, 6.07) is 4.33. The van der Waals surface area contributed by atoms with Gasteiger partial charge in [0.1, 0.15) is 5.82 Å². The Kier molecular flexibility index (Phi) is 4.61. The summed E-state index contributed by atoms with van der Waals surface area (Å²) in [5.74, 6) is 2.80. The van der Waals surface area contributed by atoms with Crippen LogP contribution >= 0.6 is 0 Å². The Labute approximate surface area is 155 Å². The molecule has 1 aliphatic carbocycles. The summed E-state index contributed by atoms with van der Waals surface area (Å²) in [6.45, 7) is 5.77. The van der Waals surface area contributed by atoms with Gasteiger partial charge in [-0.2, -0.15) is 10.1 Å². The Balaban J connectivity index is 1.46. The summed E-state index contributed by atoms with van der Waals surface area (Å²) in [5.41, 5.74) is 3.60. The molecule has 2 aromatic rings. The summed E-state index contributed by atoms with van der Waals surface area (Å²) < 4.78 is 0. The fourth-order valence-electron chi connectivity index (χ4n) is 3.70. The number of aromatic nitrogens is 4. The van der Waals surface area contributed by atoms with E-state index >= 15 is 0 Å². The molecule has 1 fully saturated rings. The summed E-state index contributed by atoms with van der Waals surface area (Å²) in [4.78, 5) is 15.8. The van der Waals surface area contributed by atoms with Crippen LogP contribution < -0.4 is 14.7 Å².